The van der Waals surface area contributed by atoms with Crippen LogP contribution in [0.5, 0.6) is 0 Å². The van der Waals surface area contributed by atoms with Gasteiger partial charge in [-0.25, -0.2) is 4.98 Å². The van der Waals surface area contributed by atoms with Gasteiger partial charge in [-0.2, -0.15) is 0 Å². The zero-order chi connectivity index (χ0) is 15.2. The van der Waals surface area contributed by atoms with Gasteiger partial charge in [0.15, 0.2) is 0 Å². The topological polar surface area (TPSA) is 80.5 Å². The molecule has 0 unspecified atom stereocenters. The third-order valence-corrected chi connectivity index (χ3v) is 3.65. The second kappa shape index (κ2) is 7.38. The van der Waals surface area contributed by atoms with Crippen LogP contribution in [0.15, 0.2) is 18.3 Å². The van der Waals surface area contributed by atoms with Gasteiger partial charge in [0.25, 0.3) is 0 Å². The molecule has 21 heavy (non-hydrogen) atoms. The Bertz CT molecular complexity index is 472. The van der Waals surface area contributed by atoms with E-state index in [2.05, 4.69) is 15.2 Å². The summed E-state index contributed by atoms with van der Waals surface area (Å²) in [5.74, 6) is 0.915. The number of pyridine rings is 1. The van der Waals surface area contributed by atoms with E-state index < -0.39 is 6.04 Å². The van der Waals surface area contributed by atoms with E-state index in [4.69, 9.17) is 10.5 Å². The molecule has 1 aromatic rings. The van der Waals surface area contributed by atoms with E-state index >= 15 is 0 Å². The van der Waals surface area contributed by atoms with Gasteiger partial charge in [0, 0.05) is 31.4 Å². The van der Waals surface area contributed by atoms with Gasteiger partial charge in [-0.3, -0.25) is 4.79 Å². The van der Waals surface area contributed by atoms with E-state index in [9.17, 15) is 4.79 Å². The molecular weight excluding hydrogens is 268 g/mol. The largest absolute Gasteiger partial charge is 0.378 e. The molecule has 1 atom stereocenters. The van der Waals surface area contributed by atoms with E-state index in [1.165, 1.54) is 0 Å². The van der Waals surface area contributed by atoms with Crippen molar-refractivity contribution >= 4 is 11.7 Å². The minimum atomic E-state index is -0.478. The van der Waals surface area contributed by atoms with E-state index in [1.807, 2.05) is 26.0 Å². The van der Waals surface area contributed by atoms with Crippen molar-refractivity contribution in [3.63, 3.8) is 0 Å². The highest BCUT2D eigenvalue weighted by atomic mass is 16.5. The summed E-state index contributed by atoms with van der Waals surface area (Å²) in [5, 5.41) is 2.90. The fourth-order valence-electron chi connectivity index (χ4n) is 2.23. The number of nitrogens with zero attached hydrogens (tertiary/aromatic N) is 2. The molecule has 1 saturated heterocycles. The fraction of sp³-hybridized carbons (Fsp3) is 0.600. The van der Waals surface area contributed by atoms with Crippen molar-refractivity contribution in [1.82, 2.24) is 10.3 Å². The maximum absolute atomic E-state index is 12.0. The monoisotopic (exact) mass is 292 g/mol. The van der Waals surface area contributed by atoms with Crippen LogP contribution in [-0.2, 0) is 16.1 Å². The molecule has 1 aliphatic heterocycles. The van der Waals surface area contributed by atoms with E-state index in [0.29, 0.717) is 19.8 Å². The van der Waals surface area contributed by atoms with Crippen molar-refractivity contribution in [1.29, 1.82) is 0 Å². The maximum atomic E-state index is 12.0. The smallest absolute Gasteiger partial charge is 0.237 e. The number of carbonyl (C=O) groups is 1. The summed E-state index contributed by atoms with van der Waals surface area (Å²) in [7, 11) is 0. The Morgan fingerprint density at radius 2 is 2.19 bits per heavy atom. The van der Waals surface area contributed by atoms with Crippen LogP contribution in [0, 0.1) is 5.92 Å². The van der Waals surface area contributed by atoms with Crippen LogP contribution in [0.3, 0.4) is 0 Å². The molecule has 1 aliphatic rings. The number of morpholine rings is 1. The van der Waals surface area contributed by atoms with Crippen LogP contribution in [0.2, 0.25) is 0 Å². The number of ether oxygens (including phenoxy) is 1. The summed E-state index contributed by atoms with van der Waals surface area (Å²) in [6.07, 6.45) is 1.77. The van der Waals surface area contributed by atoms with E-state index in [-0.39, 0.29) is 11.8 Å². The van der Waals surface area contributed by atoms with Crippen molar-refractivity contribution in [2.75, 3.05) is 31.2 Å². The highest BCUT2D eigenvalue weighted by Crippen LogP contribution is 2.18. The fourth-order valence-corrected chi connectivity index (χ4v) is 2.23. The van der Waals surface area contributed by atoms with Crippen molar-refractivity contribution in [2.24, 2.45) is 11.7 Å². The lowest BCUT2D eigenvalue weighted by atomic mass is 10.0. The molecule has 2 heterocycles. The van der Waals surface area contributed by atoms with Crippen molar-refractivity contribution < 1.29 is 9.53 Å². The molecule has 0 radical (unpaired) electrons. The molecule has 3 N–H and O–H groups in total. The number of aromatic nitrogens is 1. The zero-order valence-corrected chi connectivity index (χ0v) is 12.7. The number of nitrogens with one attached hydrogen (secondary N) is 1. The average Bonchev–Trinajstić information content (AvgIpc) is 2.52. The predicted octanol–water partition coefficient (Wildman–Crippen LogP) is 0.518. The third-order valence-electron chi connectivity index (χ3n) is 3.65. The normalized spacial score (nSPS) is 16.9. The van der Waals surface area contributed by atoms with Gasteiger partial charge in [0.05, 0.1) is 19.3 Å². The summed E-state index contributed by atoms with van der Waals surface area (Å²) in [5.41, 5.74) is 6.85. The molecule has 0 spiro atoms. The van der Waals surface area contributed by atoms with Gasteiger partial charge in [0.2, 0.25) is 5.91 Å². The summed E-state index contributed by atoms with van der Waals surface area (Å²) in [6, 6.07) is 3.39. The molecule has 6 heteroatoms. The van der Waals surface area contributed by atoms with Crippen LogP contribution in [0.25, 0.3) is 0 Å². The second-order valence-electron chi connectivity index (χ2n) is 5.57. The lowest BCUT2D eigenvalue weighted by Gasteiger charge is -2.29. The number of rotatable bonds is 5. The van der Waals surface area contributed by atoms with Gasteiger partial charge in [-0.1, -0.05) is 19.9 Å². The van der Waals surface area contributed by atoms with Crippen LogP contribution in [-0.4, -0.2) is 43.2 Å². The Kier molecular flexibility index (Phi) is 5.52. The summed E-state index contributed by atoms with van der Waals surface area (Å²) in [4.78, 5) is 18.6. The molecule has 116 valence electrons. The average molecular weight is 292 g/mol. The highest BCUT2D eigenvalue weighted by molar-refractivity contribution is 5.81. The first-order valence-corrected chi connectivity index (χ1v) is 7.39. The number of carbonyl (C=O) groups excluding carboxylic acids is 1. The van der Waals surface area contributed by atoms with E-state index in [1.54, 1.807) is 6.20 Å². The van der Waals surface area contributed by atoms with Gasteiger partial charge >= 0.3 is 0 Å². The number of nitrogens with two attached hydrogens (primary N) is 1. The molecular formula is C15H24N4O2. The Balaban J connectivity index is 2.01. The van der Waals surface area contributed by atoms with Gasteiger partial charge in [0.1, 0.15) is 5.82 Å². The molecule has 1 fully saturated rings. The molecule has 6 nitrogen and oxygen atoms in total. The second-order valence-corrected chi connectivity index (χ2v) is 5.57. The lowest BCUT2D eigenvalue weighted by Crippen LogP contribution is -2.44. The zero-order valence-electron chi connectivity index (χ0n) is 12.7. The minimum absolute atomic E-state index is 0.123. The highest BCUT2D eigenvalue weighted by Gasteiger charge is 2.19. The maximum Gasteiger partial charge on any atom is 0.237 e. The van der Waals surface area contributed by atoms with Crippen molar-refractivity contribution in [2.45, 2.75) is 26.4 Å². The molecule has 0 aliphatic carbocycles. The number of hydrogen-bond donors (Lipinski definition) is 2. The third kappa shape index (κ3) is 4.15. The van der Waals surface area contributed by atoms with Crippen LogP contribution < -0.4 is 16.0 Å². The Morgan fingerprint density at radius 3 is 2.86 bits per heavy atom. The Labute approximate surface area is 125 Å². The first-order chi connectivity index (χ1) is 10.1. The predicted molar refractivity (Wildman–Crippen MR) is 81.9 cm³/mol. The standard InChI is InChI=1S/C15H24N4O2/c1-11(2)13(16)15(20)18-10-12-4-3-5-17-14(12)19-6-8-21-9-7-19/h3-5,11,13H,6-10,16H2,1-2H3,(H,18,20)/t13-/m0/s1. The number of amides is 1. The summed E-state index contributed by atoms with van der Waals surface area (Å²) >= 11 is 0. The quantitative estimate of drug-likeness (QED) is 0.827. The SMILES string of the molecule is CC(C)[C@H](N)C(=O)NCc1cccnc1N1CCOCC1. The number of hydrogen-bond acceptors (Lipinski definition) is 5. The minimum Gasteiger partial charge on any atom is -0.378 e. The van der Waals surface area contributed by atoms with Crippen LogP contribution in [0.4, 0.5) is 5.82 Å². The molecule has 0 aromatic carbocycles. The van der Waals surface area contributed by atoms with Gasteiger partial charge in [-0.15, -0.1) is 0 Å². The number of anilines is 1. The van der Waals surface area contributed by atoms with Crippen LogP contribution in [0.1, 0.15) is 19.4 Å². The molecule has 0 saturated carbocycles. The molecule has 1 amide bonds. The van der Waals surface area contributed by atoms with Crippen molar-refractivity contribution in [3.8, 4) is 0 Å². The summed E-state index contributed by atoms with van der Waals surface area (Å²) < 4.78 is 5.36. The van der Waals surface area contributed by atoms with Gasteiger partial charge < -0.3 is 20.7 Å². The molecule has 2 rings (SSSR count). The first kappa shape index (κ1) is 15.7. The van der Waals surface area contributed by atoms with Crippen LogP contribution >= 0.6 is 0 Å². The lowest BCUT2D eigenvalue weighted by molar-refractivity contribution is -0.123. The first-order valence-electron chi connectivity index (χ1n) is 7.39. The summed E-state index contributed by atoms with van der Waals surface area (Å²) in [6.45, 7) is 7.38. The Morgan fingerprint density at radius 1 is 1.48 bits per heavy atom. The van der Waals surface area contributed by atoms with E-state index in [0.717, 1.165) is 24.5 Å². The van der Waals surface area contributed by atoms with Gasteiger partial charge in [-0.05, 0) is 12.0 Å². The molecule has 0 bridgehead atoms. The van der Waals surface area contributed by atoms with Crippen molar-refractivity contribution in [3.05, 3.63) is 23.9 Å². The Hall–Kier alpha value is -1.66. The molecule has 1 aromatic heterocycles.